The summed E-state index contributed by atoms with van der Waals surface area (Å²) in [6.07, 6.45) is 1.85. The van der Waals surface area contributed by atoms with E-state index in [4.69, 9.17) is 11.6 Å². The summed E-state index contributed by atoms with van der Waals surface area (Å²) in [5.74, 6) is -1.36. The Kier molecular flexibility index (Phi) is 6.06. The van der Waals surface area contributed by atoms with Gasteiger partial charge in [-0.1, -0.05) is 23.7 Å². The first-order valence-corrected chi connectivity index (χ1v) is 9.11. The number of hydrogen-bond donors (Lipinski definition) is 1. The average Bonchev–Trinajstić information content (AvgIpc) is 3.12. The maximum atomic E-state index is 13.1. The van der Waals surface area contributed by atoms with Crippen LogP contribution < -0.4 is 5.32 Å². The van der Waals surface area contributed by atoms with Gasteiger partial charge in [0.2, 0.25) is 5.91 Å². The van der Waals surface area contributed by atoms with E-state index in [9.17, 15) is 18.4 Å². The number of hydrogen-bond acceptors (Lipinski definition) is 2. The predicted octanol–water partition coefficient (Wildman–Crippen LogP) is 4.10. The third kappa shape index (κ3) is 4.63. The van der Waals surface area contributed by atoms with Gasteiger partial charge < -0.3 is 10.2 Å². The molecular formula is C20H19ClF2N2O2. The Balaban J connectivity index is 1.55. The molecule has 0 bridgehead atoms. The van der Waals surface area contributed by atoms with Gasteiger partial charge in [0.25, 0.3) is 5.91 Å². The Bertz CT molecular complexity index is 842. The van der Waals surface area contributed by atoms with Crippen molar-refractivity contribution in [3.8, 4) is 0 Å². The molecule has 142 valence electrons. The van der Waals surface area contributed by atoms with Gasteiger partial charge in [0.1, 0.15) is 11.6 Å². The molecule has 3 rings (SSSR count). The maximum absolute atomic E-state index is 13.1. The van der Waals surface area contributed by atoms with Gasteiger partial charge in [0, 0.05) is 19.5 Å². The highest BCUT2D eigenvalue weighted by Crippen LogP contribution is 2.32. The van der Waals surface area contributed by atoms with Crippen LogP contribution in [0.4, 0.5) is 8.78 Å². The lowest BCUT2D eigenvalue weighted by Crippen LogP contribution is -2.34. The average molecular weight is 393 g/mol. The second-order valence-electron chi connectivity index (χ2n) is 6.43. The molecule has 1 aliphatic heterocycles. The first-order valence-electron chi connectivity index (χ1n) is 8.74. The fourth-order valence-electron chi connectivity index (χ4n) is 3.29. The Morgan fingerprint density at radius 2 is 1.81 bits per heavy atom. The SMILES string of the molecule is O=C(NCCC(=O)N1CCCC1c1ccc(F)cc1)c1ccc(F)cc1Cl. The Morgan fingerprint density at radius 1 is 1.11 bits per heavy atom. The van der Waals surface area contributed by atoms with Gasteiger partial charge >= 0.3 is 0 Å². The van der Waals surface area contributed by atoms with E-state index in [1.807, 2.05) is 0 Å². The monoisotopic (exact) mass is 392 g/mol. The molecule has 0 aromatic heterocycles. The lowest BCUT2D eigenvalue weighted by atomic mass is 10.0. The van der Waals surface area contributed by atoms with Crippen LogP contribution in [-0.4, -0.2) is 29.8 Å². The second-order valence-corrected chi connectivity index (χ2v) is 6.83. The molecule has 0 saturated carbocycles. The van der Waals surface area contributed by atoms with Crippen LogP contribution in [0.25, 0.3) is 0 Å². The molecule has 1 saturated heterocycles. The maximum Gasteiger partial charge on any atom is 0.252 e. The van der Waals surface area contributed by atoms with Crippen LogP contribution in [0.15, 0.2) is 42.5 Å². The number of carbonyl (C=O) groups excluding carboxylic acids is 2. The van der Waals surface area contributed by atoms with Gasteiger partial charge in [0.05, 0.1) is 16.6 Å². The Morgan fingerprint density at radius 3 is 2.52 bits per heavy atom. The van der Waals surface area contributed by atoms with Crippen molar-refractivity contribution in [2.24, 2.45) is 0 Å². The molecule has 2 aromatic rings. The van der Waals surface area contributed by atoms with Gasteiger partial charge in [-0.15, -0.1) is 0 Å². The molecule has 1 unspecified atom stereocenters. The summed E-state index contributed by atoms with van der Waals surface area (Å²) in [7, 11) is 0. The molecule has 1 fully saturated rings. The lowest BCUT2D eigenvalue weighted by molar-refractivity contribution is -0.132. The van der Waals surface area contributed by atoms with Crippen molar-refractivity contribution in [3.05, 3.63) is 70.2 Å². The molecule has 1 aliphatic rings. The molecule has 7 heteroatoms. The van der Waals surface area contributed by atoms with E-state index in [1.54, 1.807) is 17.0 Å². The highest BCUT2D eigenvalue weighted by atomic mass is 35.5. The number of rotatable bonds is 5. The minimum absolute atomic E-state index is 0.0229. The standard InChI is InChI=1S/C20H19ClF2N2O2/c21-17-12-15(23)7-8-16(17)20(27)24-10-9-19(26)25-11-1-2-18(25)13-3-5-14(22)6-4-13/h3-8,12,18H,1-2,9-11H2,(H,24,27). The van der Waals surface area contributed by atoms with Crippen molar-refractivity contribution in [2.75, 3.05) is 13.1 Å². The van der Waals surface area contributed by atoms with E-state index < -0.39 is 11.7 Å². The normalized spacial score (nSPS) is 16.4. The second kappa shape index (κ2) is 8.48. The van der Waals surface area contributed by atoms with Crippen molar-refractivity contribution < 1.29 is 18.4 Å². The molecule has 2 amide bonds. The van der Waals surface area contributed by atoms with Crippen LogP contribution in [-0.2, 0) is 4.79 Å². The number of nitrogens with one attached hydrogen (secondary N) is 1. The van der Waals surface area contributed by atoms with E-state index in [0.717, 1.165) is 30.5 Å². The fraction of sp³-hybridized carbons (Fsp3) is 0.300. The van der Waals surface area contributed by atoms with Crippen molar-refractivity contribution in [3.63, 3.8) is 0 Å². The molecule has 1 N–H and O–H groups in total. The van der Waals surface area contributed by atoms with Crippen LogP contribution >= 0.6 is 11.6 Å². The fourth-order valence-corrected chi connectivity index (χ4v) is 3.55. The zero-order valence-corrected chi connectivity index (χ0v) is 15.3. The largest absolute Gasteiger partial charge is 0.351 e. The highest BCUT2D eigenvalue weighted by Gasteiger charge is 2.29. The summed E-state index contributed by atoms with van der Waals surface area (Å²) < 4.78 is 26.2. The van der Waals surface area contributed by atoms with E-state index in [1.165, 1.54) is 18.2 Å². The highest BCUT2D eigenvalue weighted by molar-refractivity contribution is 6.33. The predicted molar refractivity (Wildman–Crippen MR) is 98.4 cm³/mol. The van der Waals surface area contributed by atoms with Gasteiger partial charge in [-0.25, -0.2) is 8.78 Å². The number of carbonyl (C=O) groups is 2. The van der Waals surface area contributed by atoms with E-state index in [2.05, 4.69) is 5.32 Å². The lowest BCUT2D eigenvalue weighted by Gasteiger charge is -2.25. The van der Waals surface area contributed by atoms with E-state index >= 15 is 0 Å². The summed E-state index contributed by atoms with van der Waals surface area (Å²) in [4.78, 5) is 26.4. The van der Waals surface area contributed by atoms with Crippen LogP contribution in [0.1, 0.15) is 41.2 Å². The van der Waals surface area contributed by atoms with E-state index in [0.29, 0.717) is 6.54 Å². The molecular weight excluding hydrogens is 374 g/mol. The molecule has 27 heavy (non-hydrogen) atoms. The molecule has 1 heterocycles. The molecule has 0 spiro atoms. The molecule has 2 aromatic carbocycles. The molecule has 0 aliphatic carbocycles. The van der Waals surface area contributed by atoms with Crippen molar-refractivity contribution in [1.82, 2.24) is 10.2 Å². The summed E-state index contributed by atoms with van der Waals surface area (Å²) in [5.41, 5.74) is 1.07. The summed E-state index contributed by atoms with van der Waals surface area (Å²) in [6, 6.07) is 9.64. The summed E-state index contributed by atoms with van der Waals surface area (Å²) in [6.45, 7) is 0.788. The minimum atomic E-state index is -0.521. The smallest absolute Gasteiger partial charge is 0.252 e. The van der Waals surface area contributed by atoms with Crippen LogP contribution in [0.3, 0.4) is 0 Å². The van der Waals surface area contributed by atoms with Crippen molar-refractivity contribution in [2.45, 2.75) is 25.3 Å². The number of amides is 2. The zero-order chi connectivity index (χ0) is 19.4. The Labute approximate surface area is 161 Å². The third-order valence-electron chi connectivity index (χ3n) is 4.63. The van der Waals surface area contributed by atoms with Crippen molar-refractivity contribution in [1.29, 1.82) is 0 Å². The topological polar surface area (TPSA) is 49.4 Å². The number of halogens is 3. The Hall–Kier alpha value is -2.47. The van der Waals surface area contributed by atoms with E-state index in [-0.39, 0.29) is 41.3 Å². The first kappa shape index (κ1) is 19.3. The summed E-state index contributed by atoms with van der Waals surface area (Å²) in [5, 5.41) is 2.66. The van der Waals surface area contributed by atoms with Crippen LogP contribution in [0.5, 0.6) is 0 Å². The van der Waals surface area contributed by atoms with Gasteiger partial charge in [-0.3, -0.25) is 9.59 Å². The first-order chi connectivity index (χ1) is 13.0. The zero-order valence-electron chi connectivity index (χ0n) is 14.6. The molecule has 1 atom stereocenters. The van der Waals surface area contributed by atoms with Gasteiger partial charge in [0.15, 0.2) is 0 Å². The summed E-state index contributed by atoms with van der Waals surface area (Å²) >= 11 is 5.86. The quantitative estimate of drug-likeness (QED) is 0.832. The molecule has 4 nitrogen and oxygen atoms in total. The molecule has 0 radical (unpaired) electrons. The van der Waals surface area contributed by atoms with Crippen molar-refractivity contribution >= 4 is 23.4 Å². The minimum Gasteiger partial charge on any atom is -0.351 e. The number of likely N-dealkylation sites (tertiary alicyclic amines) is 1. The number of nitrogens with zero attached hydrogens (tertiary/aromatic N) is 1. The number of benzene rings is 2. The third-order valence-corrected chi connectivity index (χ3v) is 4.94. The van der Waals surface area contributed by atoms with Crippen LogP contribution in [0.2, 0.25) is 5.02 Å². The van der Waals surface area contributed by atoms with Gasteiger partial charge in [-0.05, 0) is 48.7 Å². The van der Waals surface area contributed by atoms with Gasteiger partial charge in [-0.2, -0.15) is 0 Å². The van der Waals surface area contributed by atoms with Crippen LogP contribution in [0, 0.1) is 11.6 Å².